The fourth-order valence-corrected chi connectivity index (χ4v) is 2.51. The molecule has 0 aromatic heterocycles. The molecule has 2 amide bonds. The Balaban J connectivity index is 1.92. The summed E-state index contributed by atoms with van der Waals surface area (Å²) in [6.45, 7) is 0. The standard InChI is InChI=1S/C16H12Cl2N4O6/c17-11-3-1-9(7-13(11)21(25)26)19-15(23)5-6-16(24)20-10-2-4-12(18)14(8-10)22(27)28/h1-4,7-8H,5-6H2,(H,19,23)(H,20,24). The van der Waals surface area contributed by atoms with Gasteiger partial charge in [-0.05, 0) is 24.3 Å². The number of anilines is 2. The lowest BCUT2D eigenvalue weighted by atomic mass is 10.2. The van der Waals surface area contributed by atoms with E-state index in [4.69, 9.17) is 23.2 Å². The summed E-state index contributed by atoms with van der Waals surface area (Å²) in [4.78, 5) is 44.2. The first kappa shape index (κ1) is 21.1. The Hall–Kier alpha value is -3.24. The Morgan fingerprint density at radius 3 is 1.46 bits per heavy atom. The summed E-state index contributed by atoms with van der Waals surface area (Å²) < 4.78 is 0. The average Bonchev–Trinajstić information content (AvgIpc) is 2.62. The second kappa shape index (κ2) is 9.11. The van der Waals surface area contributed by atoms with Gasteiger partial charge < -0.3 is 10.6 Å². The third kappa shape index (κ3) is 5.63. The minimum atomic E-state index is -0.684. The number of hydrogen-bond acceptors (Lipinski definition) is 6. The van der Waals surface area contributed by atoms with Gasteiger partial charge in [-0.2, -0.15) is 0 Å². The first-order valence-corrected chi connectivity index (χ1v) is 8.40. The highest BCUT2D eigenvalue weighted by Gasteiger charge is 2.16. The molecule has 0 heterocycles. The Kier molecular flexibility index (Phi) is 6.85. The molecule has 0 saturated carbocycles. The van der Waals surface area contributed by atoms with Crippen molar-refractivity contribution in [2.24, 2.45) is 0 Å². The van der Waals surface area contributed by atoms with E-state index in [1.807, 2.05) is 0 Å². The molecule has 0 atom stereocenters. The Labute approximate surface area is 167 Å². The molecule has 0 spiro atoms. The molecule has 10 nitrogen and oxygen atoms in total. The van der Waals surface area contributed by atoms with Crippen molar-refractivity contribution in [3.63, 3.8) is 0 Å². The number of hydrogen-bond donors (Lipinski definition) is 2. The van der Waals surface area contributed by atoms with Crippen molar-refractivity contribution < 1.29 is 19.4 Å². The van der Waals surface area contributed by atoms with Gasteiger partial charge in [-0.1, -0.05) is 23.2 Å². The number of nitro benzene ring substituents is 2. The Bertz CT molecular complexity index is 889. The number of amides is 2. The van der Waals surface area contributed by atoms with Gasteiger partial charge in [0.05, 0.1) is 9.85 Å². The molecule has 2 aromatic rings. The van der Waals surface area contributed by atoms with E-state index in [0.29, 0.717) is 0 Å². The van der Waals surface area contributed by atoms with Gasteiger partial charge in [0, 0.05) is 36.3 Å². The molecular formula is C16H12Cl2N4O6. The van der Waals surface area contributed by atoms with Crippen LogP contribution in [-0.4, -0.2) is 21.7 Å². The fourth-order valence-electron chi connectivity index (χ4n) is 2.13. The lowest BCUT2D eigenvalue weighted by molar-refractivity contribution is -0.384. The van der Waals surface area contributed by atoms with Gasteiger partial charge >= 0.3 is 0 Å². The molecule has 0 bridgehead atoms. The Morgan fingerprint density at radius 2 is 1.14 bits per heavy atom. The number of carbonyl (C=O) groups excluding carboxylic acids is 2. The van der Waals surface area contributed by atoms with Crippen molar-refractivity contribution >= 4 is 57.8 Å². The summed E-state index contributed by atoms with van der Waals surface area (Å²) in [5.41, 5.74) is -0.396. The maximum absolute atomic E-state index is 11.9. The lowest BCUT2D eigenvalue weighted by Gasteiger charge is -2.07. The number of benzene rings is 2. The summed E-state index contributed by atoms with van der Waals surface area (Å²) in [6.07, 6.45) is -0.421. The first-order valence-electron chi connectivity index (χ1n) is 7.65. The highest BCUT2D eigenvalue weighted by molar-refractivity contribution is 6.33. The largest absolute Gasteiger partial charge is 0.326 e. The lowest BCUT2D eigenvalue weighted by Crippen LogP contribution is -2.17. The maximum atomic E-state index is 11.9. The van der Waals surface area contributed by atoms with E-state index < -0.39 is 21.7 Å². The van der Waals surface area contributed by atoms with Crippen LogP contribution in [0.15, 0.2) is 36.4 Å². The molecule has 2 N–H and O–H groups in total. The van der Waals surface area contributed by atoms with Crippen LogP contribution in [0, 0.1) is 20.2 Å². The molecule has 146 valence electrons. The SMILES string of the molecule is O=C(CCC(=O)Nc1ccc(Cl)c([N+](=O)[O-])c1)Nc1ccc(Cl)c([N+](=O)[O-])c1. The van der Waals surface area contributed by atoms with Crippen molar-refractivity contribution in [3.05, 3.63) is 66.7 Å². The molecule has 12 heteroatoms. The van der Waals surface area contributed by atoms with Gasteiger partial charge in [0.1, 0.15) is 10.0 Å². The van der Waals surface area contributed by atoms with Gasteiger partial charge in [-0.3, -0.25) is 29.8 Å². The third-order valence-corrected chi connectivity index (χ3v) is 4.07. The number of nitrogens with one attached hydrogen (secondary N) is 2. The van der Waals surface area contributed by atoms with Crippen molar-refractivity contribution in [3.8, 4) is 0 Å². The van der Waals surface area contributed by atoms with Crippen LogP contribution >= 0.6 is 23.2 Å². The molecule has 0 unspecified atom stereocenters. The van der Waals surface area contributed by atoms with Gasteiger partial charge in [-0.15, -0.1) is 0 Å². The monoisotopic (exact) mass is 426 g/mol. The highest BCUT2D eigenvalue weighted by atomic mass is 35.5. The van der Waals surface area contributed by atoms with E-state index in [0.717, 1.165) is 12.1 Å². The van der Waals surface area contributed by atoms with E-state index >= 15 is 0 Å². The Morgan fingerprint density at radius 1 is 0.786 bits per heavy atom. The molecule has 0 radical (unpaired) electrons. The zero-order valence-electron chi connectivity index (χ0n) is 14.0. The van der Waals surface area contributed by atoms with Crippen LogP contribution in [0.5, 0.6) is 0 Å². The quantitative estimate of drug-likeness (QED) is 0.501. The van der Waals surface area contributed by atoms with E-state index in [1.165, 1.54) is 24.3 Å². The van der Waals surface area contributed by atoms with Crippen LogP contribution in [0.2, 0.25) is 10.0 Å². The number of nitrogens with zero attached hydrogens (tertiary/aromatic N) is 2. The molecule has 0 fully saturated rings. The third-order valence-electron chi connectivity index (χ3n) is 3.43. The molecular weight excluding hydrogens is 415 g/mol. The van der Waals surface area contributed by atoms with E-state index in [-0.39, 0.29) is 45.6 Å². The predicted molar refractivity (Wildman–Crippen MR) is 103 cm³/mol. The normalized spacial score (nSPS) is 10.2. The second-order valence-corrected chi connectivity index (χ2v) is 6.26. The molecule has 2 rings (SSSR count). The number of nitro groups is 2. The van der Waals surface area contributed by atoms with E-state index in [2.05, 4.69) is 10.6 Å². The van der Waals surface area contributed by atoms with E-state index in [9.17, 15) is 29.8 Å². The summed E-state index contributed by atoms with van der Waals surface area (Å²) >= 11 is 11.4. The number of carbonyl (C=O) groups is 2. The van der Waals surface area contributed by atoms with Crippen LogP contribution in [0.3, 0.4) is 0 Å². The average molecular weight is 427 g/mol. The minimum absolute atomic E-state index is 0.0700. The molecule has 28 heavy (non-hydrogen) atoms. The molecule has 0 aliphatic heterocycles. The second-order valence-electron chi connectivity index (χ2n) is 5.44. The summed E-state index contributed by atoms with van der Waals surface area (Å²) in [7, 11) is 0. The molecule has 0 aliphatic carbocycles. The zero-order valence-corrected chi connectivity index (χ0v) is 15.5. The van der Waals surface area contributed by atoms with Gasteiger partial charge in [0.2, 0.25) is 11.8 Å². The van der Waals surface area contributed by atoms with Crippen LogP contribution in [0.1, 0.15) is 12.8 Å². The molecule has 0 aliphatic rings. The fraction of sp³-hybridized carbons (Fsp3) is 0.125. The predicted octanol–water partition coefficient (Wildman–Crippen LogP) is 4.17. The van der Waals surface area contributed by atoms with Crippen molar-refractivity contribution in [2.75, 3.05) is 10.6 Å². The number of rotatable bonds is 7. The van der Waals surface area contributed by atoms with Crippen molar-refractivity contribution in [1.29, 1.82) is 0 Å². The molecule has 0 saturated heterocycles. The van der Waals surface area contributed by atoms with Crippen molar-refractivity contribution in [1.82, 2.24) is 0 Å². The topological polar surface area (TPSA) is 144 Å². The molecule has 2 aromatic carbocycles. The van der Waals surface area contributed by atoms with Gasteiger partial charge in [0.15, 0.2) is 0 Å². The van der Waals surface area contributed by atoms with Crippen LogP contribution in [0.4, 0.5) is 22.7 Å². The summed E-state index contributed by atoms with van der Waals surface area (Å²) in [5, 5.41) is 26.4. The van der Waals surface area contributed by atoms with Gasteiger partial charge in [0.25, 0.3) is 11.4 Å². The van der Waals surface area contributed by atoms with Crippen LogP contribution in [-0.2, 0) is 9.59 Å². The van der Waals surface area contributed by atoms with Gasteiger partial charge in [-0.25, -0.2) is 0 Å². The van der Waals surface area contributed by atoms with Crippen LogP contribution < -0.4 is 10.6 Å². The van der Waals surface area contributed by atoms with Crippen molar-refractivity contribution in [2.45, 2.75) is 12.8 Å². The first-order chi connectivity index (χ1) is 13.2. The minimum Gasteiger partial charge on any atom is -0.326 e. The number of halogens is 2. The smallest absolute Gasteiger partial charge is 0.289 e. The van der Waals surface area contributed by atoms with Crippen LogP contribution in [0.25, 0.3) is 0 Å². The maximum Gasteiger partial charge on any atom is 0.289 e. The summed E-state index contributed by atoms with van der Waals surface area (Å²) in [6, 6.07) is 7.53. The highest BCUT2D eigenvalue weighted by Crippen LogP contribution is 2.28. The van der Waals surface area contributed by atoms with E-state index in [1.54, 1.807) is 0 Å². The zero-order chi connectivity index (χ0) is 20.8. The summed E-state index contributed by atoms with van der Waals surface area (Å²) in [5.74, 6) is -1.09.